The molecule has 0 bridgehead atoms. The summed E-state index contributed by atoms with van der Waals surface area (Å²) in [5, 5.41) is 3.22. The van der Waals surface area contributed by atoms with Gasteiger partial charge in [-0.25, -0.2) is 8.78 Å². The van der Waals surface area contributed by atoms with Crippen LogP contribution in [0.2, 0.25) is 0 Å². The molecule has 0 aromatic heterocycles. The van der Waals surface area contributed by atoms with Gasteiger partial charge in [-0.1, -0.05) is 0 Å². The zero-order chi connectivity index (χ0) is 12.3. The van der Waals surface area contributed by atoms with Crippen molar-refractivity contribution < 1.29 is 13.6 Å². The first-order valence-corrected chi connectivity index (χ1v) is 5.86. The number of hydrogen-bond acceptors (Lipinski definition) is 2. The lowest BCUT2D eigenvalue weighted by Gasteiger charge is -2.21. The number of carbonyl (C=O) groups is 1. The molecule has 0 radical (unpaired) electrons. The lowest BCUT2D eigenvalue weighted by Crippen LogP contribution is -2.28. The second-order valence-corrected chi connectivity index (χ2v) is 4.45. The van der Waals surface area contributed by atoms with Crippen molar-refractivity contribution in [3.63, 3.8) is 0 Å². The summed E-state index contributed by atoms with van der Waals surface area (Å²) in [7, 11) is 0. The minimum atomic E-state index is -0.957. The van der Waals surface area contributed by atoms with Crippen molar-refractivity contribution in [1.29, 1.82) is 0 Å². The van der Waals surface area contributed by atoms with Gasteiger partial charge in [0.05, 0.1) is 0 Å². The topological polar surface area (TPSA) is 29.1 Å². The van der Waals surface area contributed by atoms with E-state index >= 15 is 0 Å². The molecule has 0 aliphatic carbocycles. The highest BCUT2D eigenvalue weighted by molar-refractivity contribution is 5.96. The van der Waals surface area contributed by atoms with Crippen LogP contribution in [0.15, 0.2) is 18.2 Å². The van der Waals surface area contributed by atoms with E-state index in [1.807, 2.05) is 0 Å². The molecular weight excluding hydrogens is 224 g/mol. The molecule has 1 aliphatic rings. The Bertz CT molecular complexity index is 414. The van der Waals surface area contributed by atoms with Gasteiger partial charge < -0.3 is 5.32 Å². The minimum Gasteiger partial charge on any atom is -0.317 e. The molecular formula is C13H15F2NO. The smallest absolute Gasteiger partial charge is 0.163 e. The van der Waals surface area contributed by atoms with Crippen LogP contribution < -0.4 is 5.32 Å². The number of hydrogen-bond donors (Lipinski definition) is 1. The van der Waals surface area contributed by atoms with Crippen molar-refractivity contribution in [2.45, 2.75) is 19.3 Å². The van der Waals surface area contributed by atoms with Crippen LogP contribution in [0.1, 0.15) is 29.6 Å². The van der Waals surface area contributed by atoms with Crippen LogP contribution >= 0.6 is 0 Å². The average molecular weight is 239 g/mol. The van der Waals surface area contributed by atoms with Gasteiger partial charge in [0.15, 0.2) is 17.4 Å². The van der Waals surface area contributed by atoms with Crippen molar-refractivity contribution in [2.24, 2.45) is 5.92 Å². The highest BCUT2D eigenvalue weighted by atomic mass is 19.2. The Morgan fingerprint density at radius 3 is 2.59 bits per heavy atom. The Labute approximate surface area is 99.0 Å². The molecule has 4 heteroatoms. The molecule has 1 aliphatic heterocycles. The van der Waals surface area contributed by atoms with Crippen LogP contribution in [0, 0.1) is 17.6 Å². The van der Waals surface area contributed by atoms with Gasteiger partial charge in [-0.2, -0.15) is 0 Å². The van der Waals surface area contributed by atoms with Gasteiger partial charge in [0, 0.05) is 12.0 Å². The molecule has 1 aromatic rings. The first-order chi connectivity index (χ1) is 8.16. The lowest BCUT2D eigenvalue weighted by atomic mass is 9.90. The van der Waals surface area contributed by atoms with E-state index in [0.29, 0.717) is 12.3 Å². The van der Waals surface area contributed by atoms with Gasteiger partial charge in [0.2, 0.25) is 0 Å². The first-order valence-electron chi connectivity index (χ1n) is 5.86. The molecule has 1 heterocycles. The molecule has 1 N–H and O–H groups in total. The van der Waals surface area contributed by atoms with E-state index in [0.717, 1.165) is 38.1 Å². The summed E-state index contributed by atoms with van der Waals surface area (Å²) in [6, 6.07) is 3.34. The number of benzene rings is 1. The van der Waals surface area contributed by atoms with E-state index in [9.17, 15) is 13.6 Å². The minimum absolute atomic E-state index is 0.101. The lowest BCUT2D eigenvalue weighted by molar-refractivity contribution is 0.0952. The molecule has 1 saturated heterocycles. The predicted molar refractivity (Wildman–Crippen MR) is 60.9 cm³/mol. The Balaban J connectivity index is 2.01. The molecule has 0 saturated carbocycles. The van der Waals surface area contributed by atoms with Gasteiger partial charge in [0.25, 0.3) is 0 Å². The van der Waals surface area contributed by atoms with Crippen molar-refractivity contribution in [1.82, 2.24) is 5.32 Å². The molecule has 1 fully saturated rings. The van der Waals surface area contributed by atoms with Gasteiger partial charge >= 0.3 is 0 Å². The fraction of sp³-hybridized carbons (Fsp3) is 0.462. The van der Waals surface area contributed by atoms with Crippen LogP contribution in [0.3, 0.4) is 0 Å². The largest absolute Gasteiger partial charge is 0.317 e. The van der Waals surface area contributed by atoms with Gasteiger partial charge in [-0.05, 0) is 50.0 Å². The number of Topliss-reactive ketones (excluding diaryl/α,β-unsaturated/α-hetero) is 1. The summed E-state index contributed by atoms with van der Waals surface area (Å²) in [5.74, 6) is -1.61. The van der Waals surface area contributed by atoms with Crippen molar-refractivity contribution in [3.8, 4) is 0 Å². The number of ketones is 1. The van der Waals surface area contributed by atoms with E-state index in [4.69, 9.17) is 0 Å². The summed E-state index contributed by atoms with van der Waals surface area (Å²) < 4.78 is 25.7. The maximum Gasteiger partial charge on any atom is 0.163 e. The fourth-order valence-electron chi connectivity index (χ4n) is 2.14. The van der Waals surface area contributed by atoms with Crippen LogP contribution in [-0.4, -0.2) is 18.9 Å². The highest BCUT2D eigenvalue weighted by Crippen LogP contribution is 2.19. The molecule has 1 aromatic carbocycles. The zero-order valence-electron chi connectivity index (χ0n) is 9.51. The molecule has 92 valence electrons. The van der Waals surface area contributed by atoms with Crippen LogP contribution in [-0.2, 0) is 0 Å². The molecule has 0 unspecified atom stereocenters. The zero-order valence-corrected chi connectivity index (χ0v) is 9.51. The van der Waals surface area contributed by atoms with Crippen LogP contribution in [0.4, 0.5) is 8.78 Å². The summed E-state index contributed by atoms with van der Waals surface area (Å²) in [6.45, 7) is 1.85. The van der Waals surface area contributed by atoms with Crippen molar-refractivity contribution in [2.75, 3.05) is 13.1 Å². The van der Waals surface area contributed by atoms with E-state index in [1.54, 1.807) is 0 Å². The van der Waals surface area contributed by atoms with Crippen molar-refractivity contribution >= 4 is 5.78 Å². The Morgan fingerprint density at radius 1 is 1.24 bits per heavy atom. The average Bonchev–Trinajstić information content (AvgIpc) is 2.34. The maximum absolute atomic E-state index is 13.0. The monoisotopic (exact) mass is 239 g/mol. The summed E-state index contributed by atoms with van der Waals surface area (Å²) in [6.07, 6.45) is 2.36. The Hall–Kier alpha value is -1.29. The summed E-state index contributed by atoms with van der Waals surface area (Å²) >= 11 is 0. The third kappa shape index (κ3) is 3.09. The van der Waals surface area contributed by atoms with Gasteiger partial charge in [0.1, 0.15) is 0 Å². The fourth-order valence-corrected chi connectivity index (χ4v) is 2.14. The summed E-state index contributed by atoms with van der Waals surface area (Å²) in [5.41, 5.74) is 0.266. The Kier molecular flexibility index (Phi) is 3.84. The normalized spacial score (nSPS) is 17.1. The molecule has 2 rings (SSSR count). The standard InChI is InChI=1S/C13H15F2NO/c14-11-2-1-10(8-12(11)15)13(17)7-9-3-5-16-6-4-9/h1-2,8-9,16H,3-7H2. The molecule has 2 nitrogen and oxygen atoms in total. The van der Waals surface area contributed by atoms with E-state index in [1.165, 1.54) is 6.07 Å². The van der Waals surface area contributed by atoms with Crippen LogP contribution in [0.25, 0.3) is 0 Å². The van der Waals surface area contributed by atoms with Gasteiger partial charge in [-0.3, -0.25) is 4.79 Å². The summed E-state index contributed by atoms with van der Waals surface area (Å²) in [4.78, 5) is 11.9. The molecule has 0 amide bonds. The van der Waals surface area contributed by atoms with E-state index in [-0.39, 0.29) is 11.3 Å². The molecule has 17 heavy (non-hydrogen) atoms. The molecule has 0 atom stereocenters. The second-order valence-electron chi connectivity index (χ2n) is 4.45. The quantitative estimate of drug-likeness (QED) is 0.821. The highest BCUT2D eigenvalue weighted by Gasteiger charge is 2.18. The maximum atomic E-state index is 13.0. The van der Waals surface area contributed by atoms with Gasteiger partial charge in [-0.15, -0.1) is 0 Å². The first kappa shape index (κ1) is 12.2. The third-order valence-electron chi connectivity index (χ3n) is 3.17. The van der Waals surface area contributed by atoms with E-state index < -0.39 is 11.6 Å². The number of halogens is 2. The van der Waals surface area contributed by atoms with Crippen LogP contribution in [0.5, 0.6) is 0 Å². The van der Waals surface area contributed by atoms with Crippen molar-refractivity contribution in [3.05, 3.63) is 35.4 Å². The SMILES string of the molecule is O=C(CC1CCNCC1)c1ccc(F)c(F)c1. The Morgan fingerprint density at radius 2 is 1.94 bits per heavy atom. The third-order valence-corrected chi connectivity index (χ3v) is 3.17. The number of piperidine rings is 1. The van der Waals surface area contributed by atoms with E-state index in [2.05, 4.69) is 5.32 Å². The predicted octanol–water partition coefficient (Wildman–Crippen LogP) is 2.54. The molecule has 0 spiro atoms. The number of rotatable bonds is 3. The number of carbonyl (C=O) groups excluding carboxylic acids is 1. The number of nitrogens with one attached hydrogen (secondary N) is 1. The second kappa shape index (κ2) is 5.36.